The van der Waals surface area contributed by atoms with Crippen LogP contribution < -0.4 is 14.8 Å². The van der Waals surface area contributed by atoms with Crippen LogP contribution in [0.25, 0.3) is 0 Å². The van der Waals surface area contributed by atoms with E-state index in [-0.39, 0.29) is 11.8 Å². The lowest BCUT2D eigenvalue weighted by atomic mass is 10.1. The largest absolute Gasteiger partial charge is 0.490 e. The van der Waals surface area contributed by atoms with Gasteiger partial charge < -0.3 is 19.7 Å². The van der Waals surface area contributed by atoms with Crippen LogP contribution in [0.3, 0.4) is 0 Å². The summed E-state index contributed by atoms with van der Waals surface area (Å²) in [4.78, 5) is 26.4. The van der Waals surface area contributed by atoms with Gasteiger partial charge in [0.05, 0.1) is 13.2 Å². The first-order valence-corrected chi connectivity index (χ1v) is 10.7. The Morgan fingerprint density at radius 2 is 1.83 bits per heavy atom. The first-order chi connectivity index (χ1) is 14.7. The van der Waals surface area contributed by atoms with Crippen molar-refractivity contribution in [1.29, 1.82) is 0 Å². The van der Waals surface area contributed by atoms with Crippen LogP contribution in [0.2, 0.25) is 0 Å². The summed E-state index contributed by atoms with van der Waals surface area (Å²) in [6, 6.07) is 13.6. The molecule has 1 saturated heterocycles. The lowest BCUT2D eigenvalue weighted by Crippen LogP contribution is -2.34. The molecule has 0 unspecified atom stereocenters. The summed E-state index contributed by atoms with van der Waals surface area (Å²) in [7, 11) is 0. The molecule has 0 aromatic heterocycles. The highest BCUT2D eigenvalue weighted by molar-refractivity contribution is 5.90. The number of carbonyl (C=O) groups excluding carboxylic acids is 2. The van der Waals surface area contributed by atoms with E-state index < -0.39 is 0 Å². The summed E-state index contributed by atoms with van der Waals surface area (Å²) in [5.41, 5.74) is 2.85. The van der Waals surface area contributed by atoms with Gasteiger partial charge in [-0.1, -0.05) is 18.2 Å². The number of piperidine rings is 1. The van der Waals surface area contributed by atoms with Crippen molar-refractivity contribution in [2.24, 2.45) is 0 Å². The molecule has 158 valence electrons. The first-order valence-electron chi connectivity index (χ1n) is 10.7. The van der Waals surface area contributed by atoms with Crippen LogP contribution in [0.5, 0.6) is 11.5 Å². The number of carbonyl (C=O) groups is 2. The van der Waals surface area contributed by atoms with Crippen molar-refractivity contribution in [2.45, 2.75) is 45.1 Å². The van der Waals surface area contributed by atoms with Crippen LogP contribution in [0.1, 0.15) is 43.2 Å². The predicted molar refractivity (Wildman–Crippen MR) is 115 cm³/mol. The second kappa shape index (κ2) is 9.65. The van der Waals surface area contributed by atoms with Gasteiger partial charge in [0.15, 0.2) is 11.5 Å². The topological polar surface area (TPSA) is 67.9 Å². The molecule has 0 spiro atoms. The third-order valence-corrected chi connectivity index (χ3v) is 5.46. The number of rotatable bonds is 6. The van der Waals surface area contributed by atoms with Crippen LogP contribution in [0, 0.1) is 0 Å². The van der Waals surface area contributed by atoms with Gasteiger partial charge in [-0.3, -0.25) is 9.59 Å². The lowest BCUT2D eigenvalue weighted by molar-refractivity contribution is -0.133. The number of nitrogens with zero attached hydrogens (tertiary/aromatic N) is 1. The molecular weight excluding hydrogens is 380 g/mol. The number of likely N-dealkylation sites (tertiary alicyclic amines) is 1. The molecule has 2 amide bonds. The summed E-state index contributed by atoms with van der Waals surface area (Å²) in [5.74, 6) is 1.70. The van der Waals surface area contributed by atoms with Gasteiger partial charge in [0, 0.05) is 38.0 Å². The Bertz CT molecular complexity index is 912. The summed E-state index contributed by atoms with van der Waals surface area (Å²) >= 11 is 0. The normalized spacial score (nSPS) is 16.1. The number of amides is 2. The Balaban J connectivity index is 1.31. The molecule has 0 aliphatic carbocycles. The van der Waals surface area contributed by atoms with Gasteiger partial charge in [0.1, 0.15) is 0 Å². The first kappa shape index (κ1) is 20.3. The number of anilines is 1. The average molecular weight is 408 g/mol. The van der Waals surface area contributed by atoms with E-state index in [0.717, 1.165) is 54.1 Å². The van der Waals surface area contributed by atoms with E-state index in [0.29, 0.717) is 39.0 Å². The molecule has 2 aliphatic rings. The Kier molecular flexibility index (Phi) is 6.52. The molecule has 6 nitrogen and oxygen atoms in total. The molecule has 0 bridgehead atoms. The predicted octanol–water partition coefficient (Wildman–Crippen LogP) is 3.93. The average Bonchev–Trinajstić information content (AvgIpc) is 2.99. The number of hydrogen-bond donors (Lipinski definition) is 1. The molecule has 0 saturated carbocycles. The molecule has 2 aliphatic heterocycles. The number of hydrogen-bond acceptors (Lipinski definition) is 4. The van der Waals surface area contributed by atoms with Crippen molar-refractivity contribution < 1.29 is 19.1 Å². The van der Waals surface area contributed by atoms with Crippen LogP contribution >= 0.6 is 0 Å². The maximum atomic E-state index is 12.5. The Morgan fingerprint density at radius 3 is 2.70 bits per heavy atom. The number of benzene rings is 2. The maximum absolute atomic E-state index is 12.5. The zero-order chi connectivity index (χ0) is 20.8. The van der Waals surface area contributed by atoms with Crippen molar-refractivity contribution in [3.05, 3.63) is 53.6 Å². The number of ether oxygens (including phenoxy) is 2. The van der Waals surface area contributed by atoms with Crippen molar-refractivity contribution in [2.75, 3.05) is 25.1 Å². The molecule has 2 aromatic rings. The van der Waals surface area contributed by atoms with E-state index in [1.54, 1.807) is 0 Å². The summed E-state index contributed by atoms with van der Waals surface area (Å²) in [6.45, 7) is 2.72. The van der Waals surface area contributed by atoms with Crippen molar-refractivity contribution in [3.8, 4) is 11.5 Å². The lowest BCUT2D eigenvalue weighted by Gasteiger charge is -2.26. The molecular formula is C24H28N2O4. The standard InChI is InChI=1S/C24H28N2O4/c27-23(11-9-18-8-10-21-22(16-18)30-14-4-13-29-21)25-20-6-3-5-19(15-20)17-26-12-2-1-7-24(26)28/h3,5-6,8,10,15-16H,1-2,4,7,9,11-14,17H2,(H,25,27). The molecule has 1 fully saturated rings. The van der Waals surface area contributed by atoms with Gasteiger partial charge in [-0.2, -0.15) is 0 Å². The highest BCUT2D eigenvalue weighted by Crippen LogP contribution is 2.30. The highest BCUT2D eigenvalue weighted by atomic mass is 16.5. The summed E-state index contributed by atoms with van der Waals surface area (Å²) in [6.07, 6.45) is 4.56. The third kappa shape index (κ3) is 5.32. The number of aryl methyl sites for hydroxylation is 1. The van der Waals surface area contributed by atoms with Crippen molar-refractivity contribution in [3.63, 3.8) is 0 Å². The third-order valence-electron chi connectivity index (χ3n) is 5.46. The van der Waals surface area contributed by atoms with Gasteiger partial charge in [-0.05, 0) is 54.7 Å². The number of fused-ring (bicyclic) bond motifs is 1. The minimum absolute atomic E-state index is 0.0340. The Morgan fingerprint density at radius 1 is 0.967 bits per heavy atom. The SMILES string of the molecule is O=C(CCc1ccc2c(c1)OCCCO2)Nc1cccc(CN2CCCCC2=O)c1. The molecule has 2 aromatic carbocycles. The van der Waals surface area contributed by atoms with E-state index >= 15 is 0 Å². The van der Waals surface area contributed by atoms with Gasteiger partial charge in [0.25, 0.3) is 0 Å². The number of nitrogens with one attached hydrogen (secondary N) is 1. The van der Waals surface area contributed by atoms with E-state index in [2.05, 4.69) is 5.32 Å². The molecule has 0 atom stereocenters. The second-order valence-corrected chi connectivity index (χ2v) is 7.85. The second-order valence-electron chi connectivity index (χ2n) is 7.85. The quantitative estimate of drug-likeness (QED) is 0.786. The fourth-order valence-electron chi connectivity index (χ4n) is 3.84. The zero-order valence-corrected chi connectivity index (χ0v) is 17.2. The molecule has 1 N–H and O–H groups in total. The van der Waals surface area contributed by atoms with E-state index in [1.165, 1.54) is 0 Å². The minimum atomic E-state index is -0.0340. The summed E-state index contributed by atoms with van der Waals surface area (Å²) < 4.78 is 11.4. The van der Waals surface area contributed by atoms with Crippen molar-refractivity contribution in [1.82, 2.24) is 4.90 Å². The fourth-order valence-corrected chi connectivity index (χ4v) is 3.84. The van der Waals surface area contributed by atoms with Crippen LogP contribution in [0.15, 0.2) is 42.5 Å². The van der Waals surface area contributed by atoms with Gasteiger partial charge in [-0.15, -0.1) is 0 Å². The minimum Gasteiger partial charge on any atom is -0.490 e. The van der Waals surface area contributed by atoms with Gasteiger partial charge >= 0.3 is 0 Å². The zero-order valence-electron chi connectivity index (χ0n) is 17.2. The van der Waals surface area contributed by atoms with Gasteiger partial charge in [-0.25, -0.2) is 0 Å². The van der Waals surface area contributed by atoms with Gasteiger partial charge in [0.2, 0.25) is 11.8 Å². The molecule has 6 heteroatoms. The molecule has 30 heavy (non-hydrogen) atoms. The van der Waals surface area contributed by atoms with Crippen molar-refractivity contribution >= 4 is 17.5 Å². The summed E-state index contributed by atoms with van der Waals surface area (Å²) in [5, 5.41) is 2.98. The Hall–Kier alpha value is -3.02. The van der Waals surface area contributed by atoms with Crippen LogP contribution in [0.4, 0.5) is 5.69 Å². The fraction of sp³-hybridized carbons (Fsp3) is 0.417. The van der Waals surface area contributed by atoms with E-state index in [1.807, 2.05) is 47.4 Å². The smallest absolute Gasteiger partial charge is 0.224 e. The Labute approximate surface area is 177 Å². The van der Waals surface area contributed by atoms with E-state index in [4.69, 9.17) is 9.47 Å². The molecule has 0 radical (unpaired) electrons. The van der Waals surface area contributed by atoms with Crippen LogP contribution in [-0.2, 0) is 22.6 Å². The van der Waals surface area contributed by atoms with Crippen LogP contribution in [-0.4, -0.2) is 36.5 Å². The molecule has 4 rings (SSSR count). The monoisotopic (exact) mass is 408 g/mol. The highest BCUT2D eigenvalue weighted by Gasteiger charge is 2.18. The molecule has 2 heterocycles. The maximum Gasteiger partial charge on any atom is 0.224 e. The van der Waals surface area contributed by atoms with E-state index in [9.17, 15) is 9.59 Å².